The monoisotopic (exact) mass is 364 g/mol. The predicted octanol–water partition coefficient (Wildman–Crippen LogP) is 2.27. The fourth-order valence-corrected chi connectivity index (χ4v) is 8.75. The number of esters is 2. The lowest BCUT2D eigenvalue weighted by atomic mass is 9.58. The van der Waals surface area contributed by atoms with Crippen molar-refractivity contribution in [2.75, 3.05) is 0 Å². The van der Waals surface area contributed by atoms with E-state index < -0.39 is 17.7 Å². The molecule has 0 amide bonds. The second-order valence-corrected chi connectivity index (χ2v) is 9.44. The Bertz CT molecular complexity index is 673. The maximum atomic E-state index is 12.5. The molecule has 5 saturated carbocycles. The van der Waals surface area contributed by atoms with Crippen LogP contribution in [0.25, 0.3) is 0 Å². The number of rotatable bonds is 0. The Morgan fingerprint density at radius 3 is 2.32 bits per heavy atom. The third-order valence-corrected chi connectivity index (χ3v) is 8.67. The summed E-state index contributed by atoms with van der Waals surface area (Å²) in [5.41, 5.74) is 1.36. The molecule has 0 aromatic heterocycles. The summed E-state index contributed by atoms with van der Waals surface area (Å²) < 4.78 is 10.7. The third kappa shape index (κ3) is 1.06. The van der Waals surface area contributed by atoms with Crippen LogP contribution in [0.3, 0.4) is 0 Å². The van der Waals surface area contributed by atoms with Gasteiger partial charge in [-0.25, -0.2) is 9.59 Å². The molecular formula is C17H17BrO4. The van der Waals surface area contributed by atoms with E-state index in [-0.39, 0.29) is 5.57 Å². The van der Waals surface area contributed by atoms with Gasteiger partial charge in [-0.1, -0.05) is 15.9 Å². The van der Waals surface area contributed by atoms with Gasteiger partial charge in [-0.3, -0.25) is 0 Å². The second-order valence-electron chi connectivity index (χ2n) is 8.38. The van der Waals surface area contributed by atoms with Gasteiger partial charge in [-0.2, -0.15) is 0 Å². The zero-order valence-corrected chi connectivity index (χ0v) is 14.0. The quantitative estimate of drug-likeness (QED) is 0.286. The lowest BCUT2D eigenvalue weighted by molar-refractivity contribution is -0.222. The second kappa shape index (κ2) is 3.33. The largest absolute Gasteiger partial charge is 0.419 e. The molecule has 6 aliphatic rings. The highest BCUT2D eigenvalue weighted by Gasteiger charge is 2.82. The molecule has 5 aliphatic carbocycles. The normalized spacial score (nSPS) is 58.2. The van der Waals surface area contributed by atoms with Crippen LogP contribution < -0.4 is 0 Å². The number of hydrogen-bond donors (Lipinski definition) is 0. The average molecular weight is 365 g/mol. The van der Waals surface area contributed by atoms with Crippen molar-refractivity contribution < 1.29 is 19.1 Å². The SMILES string of the molecule is CC1(C)OC(=O)C(=C2[C@@H]3[C@H]4[C@@H](Br)[C@H]5[C@@H]6C[C@H]([C@@H]25)[C@H]3[C@@H]64)C(=O)O1. The van der Waals surface area contributed by atoms with Crippen LogP contribution in [-0.2, 0) is 19.1 Å². The molecule has 9 atom stereocenters. The van der Waals surface area contributed by atoms with Gasteiger partial charge >= 0.3 is 11.9 Å². The van der Waals surface area contributed by atoms with Gasteiger partial charge in [-0.15, -0.1) is 0 Å². The molecule has 0 unspecified atom stereocenters. The summed E-state index contributed by atoms with van der Waals surface area (Å²) >= 11 is 3.93. The lowest BCUT2D eigenvalue weighted by Gasteiger charge is -2.48. The van der Waals surface area contributed by atoms with E-state index in [2.05, 4.69) is 15.9 Å². The summed E-state index contributed by atoms with van der Waals surface area (Å²) in [6.07, 6.45) is 1.30. The number of fused-ring (bicyclic) bond motifs is 2. The Labute approximate surface area is 136 Å². The maximum Gasteiger partial charge on any atom is 0.348 e. The van der Waals surface area contributed by atoms with Gasteiger partial charge in [0.1, 0.15) is 5.57 Å². The number of cyclic esters (lactones) is 2. The van der Waals surface area contributed by atoms with E-state index in [4.69, 9.17) is 9.47 Å². The van der Waals surface area contributed by atoms with E-state index in [0.717, 1.165) is 23.3 Å². The van der Waals surface area contributed by atoms with Crippen molar-refractivity contribution in [1.29, 1.82) is 0 Å². The fraction of sp³-hybridized carbons (Fsp3) is 0.765. The van der Waals surface area contributed by atoms with Gasteiger partial charge in [0, 0.05) is 18.7 Å². The molecule has 1 saturated heterocycles. The summed E-state index contributed by atoms with van der Waals surface area (Å²) in [6.45, 7) is 3.22. The number of carbonyl (C=O) groups excluding carboxylic acids is 2. The summed E-state index contributed by atoms with van der Waals surface area (Å²) in [5.74, 6) is 3.08. The Morgan fingerprint density at radius 2 is 1.64 bits per heavy atom. The summed E-state index contributed by atoms with van der Waals surface area (Å²) in [5, 5.41) is 0. The van der Waals surface area contributed by atoms with Crippen LogP contribution in [0.2, 0.25) is 0 Å². The minimum absolute atomic E-state index is 0.247. The van der Waals surface area contributed by atoms with Crippen LogP contribution in [0.15, 0.2) is 11.1 Å². The Balaban J connectivity index is 1.53. The minimum Gasteiger partial charge on any atom is -0.419 e. The van der Waals surface area contributed by atoms with Gasteiger partial charge in [0.2, 0.25) is 0 Å². The van der Waals surface area contributed by atoms with Crippen LogP contribution in [0.5, 0.6) is 0 Å². The highest BCUT2D eigenvalue weighted by atomic mass is 79.9. The first kappa shape index (κ1) is 12.6. The molecule has 5 heteroatoms. The van der Waals surface area contributed by atoms with Crippen molar-refractivity contribution in [3.05, 3.63) is 11.1 Å². The van der Waals surface area contributed by atoms with E-state index >= 15 is 0 Å². The Hall–Kier alpha value is -0.840. The maximum absolute atomic E-state index is 12.5. The molecule has 4 nitrogen and oxygen atoms in total. The molecule has 0 N–H and O–H groups in total. The number of ether oxygens (including phenoxy) is 2. The number of carbonyl (C=O) groups is 2. The van der Waals surface area contributed by atoms with E-state index in [1.807, 2.05) is 0 Å². The standard InChI is InChI=1S/C17H17BrO4/c1-17(2)21-15(19)13(16(20)22-17)11-8-4-3-5-7-6(4)10(11)12(7)14(18)9(5)8/h4-10,12,14H,3H2,1-2H3/t4-,5+,6-,7+,8+,9-,10+,12-,14-/m0/s1. The molecule has 0 spiro atoms. The third-order valence-electron chi connectivity index (χ3n) is 7.45. The van der Waals surface area contributed by atoms with Crippen LogP contribution in [-0.4, -0.2) is 22.6 Å². The average Bonchev–Trinajstić information content (AvgIpc) is 2.87. The molecule has 0 aromatic carbocycles. The van der Waals surface area contributed by atoms with Crippen LogP contribution >= 0.6 is 15.9 Å². The fourth-order valence-electron chi connectivity index (χ4n) is 7.35. The van der Waals surface area contributed by atoms with Crippen LogP contribution in [0.4, 0.5) is 0 Å². The lowest BCUT2D eigenvalue weighted by Crippen LogP contribution is -2.48. The molecular weight excluding hydrogens is 348 g/mol. The summed E-state index contributed by atoms with van der Waals surface area (Å²) in [4.78, 5) is 25.6. The first-order valence-electron chi connectivity index (χ1n) is 8.25. The first-order valence-corrected chi connectivity index (χ1v) is 9.17. The number of hydrogen-bond acceptors (Lipinski definition) is 4. The van der Waals surface area contributed by atoms with Crippen molar-refractivity contribution in [2.24, 2.45) is 47.3 Å². The van der Waals surface area contributed by atoms with E-state index in [0.29, 0.717) is 34.4 Å². The van der Waals surface area contributed by atoms with Crippen molar-refractivity contribution in [3.63, 3.8) is 0 Å². The van der Waals surface area contributed by atoms with Gasteiger partial charge in [0.05, 0.1) is 0 Å². The molecule has 6 rings (SSSR count). The highest BCUT2D eigenvalue weighted by Crippen LogP contribution is 2.85. The van der Waals surface area contributed by atoms with Gasteiger partial charge in [0.15, 0.2) is 0 Å². The molecule has 22 heavy (non-hydrogen) atoms. The van der Waals surface area contributed by atoms with Gasteiger partial charge in [0.25, 0.3) is 5.79 Å². The molecule has 0 radical (unpaired) electrons. The van der Waals surface area contributed by atoms with Crippen molar-refractivity contribution in [1.82, 2.24) is 0 Å². The molecule has 116 valence electrons. The van der Waals surface area contributed by atoms with E-state index in [1.54, 1.807) is 13.8 Å². The van der Waals surface area contributed by atoms with Crippen molar-refractivity contribution in [3.8, 4) is 0 Å². The highest BCUT2D eigenvalue weighted by molar-refractivity contribution is 9.09. The Kier molecular flexibility index (Phi) is 1.90. The predicted molar refractivity (Wildman–Crippen MR) is 78.5 cm³/mol. The molecule has 1 heterocycles. The minimum atomic E-state index is -1.14. The van der Waals surface area contributed by atoms with E-state index in [9.17, 15) is 9.59 Å². The molecule has 0 aromatic rings. The smallest absolute Gasteiger partial charge is 0.348 e. The van der Waals surface area contributed by atoms with Gasteiger partial charge < -0.3 is 9.47 Å². The van der Waals surface area contributed by atoms with Crippen molar-refractivity contribution in [2.45, 2.75) is 30.9 Å². The Morgan fingerprint density at radius 1 is 0.955 bits per heavy atom. The van der Waals surface area contributed by atoms with E-state index in [1.165, 1.54) is 6.42 Å². The molecule has 6 fully saturated rings. The number of alkyl halides is 1. The molecule has 2 bridgehead atoms. The van der Waals surface area contributed by atoms with Crippen molar-refractivity contribution >= 4 is 27.9 Å². The summed E-state index contributed by atoms with van der Waals surface area (Å²) in [7, 11) is 0. The zero-order chi connectivity index (χ0) is 15.1. The number of halogens is 1. The van der Waals surface area contributed by atoms with Crippen LogP contribution in [0.1, 0.15) is 20.3 Å². The van der Waals surface area contributed by atoms with Gasteiger partial charge in [-0.05, 0) is 59.3 Å². The zero-order valence-electron chi connectivity index (χ0n) is 12.4. The summed E-state index contributed by atoms with van der Waals surface area (Å²) in [6, 6.07) is 0. The first-order chi connectivity index (χ1) is 10.4. The number of allylic oxidation sites excluding steroid dienone is 1. The molecule has 1 aliphatic heterocycles. The topological polar surface area (TPSA) is 52.6 Å². The van der Waals surface area contributed by atoms with Crippen LogP contribution in [0, 0.1) is 47.3 Å².